The summed E-state index contributed by atoms with van der Waals surface area (Å²) in [5, 5.41) is 2.04. The molecule has 1 aromatic carbocycles. The Morgan fingerprint density at radius 3 is 2.48 bits per heavy atom. The average Bonchev–Trinajstić information content (AvgIpc) is 3.38. The van der Waals surface area contributed by atoms with Crippen LogP contribution in [-0.4, -0.2) is 41.0 Å². The number of carbonyl (C=O) groups excluding carboxylic acids is 2. The molecule has 0 spiro atoms. The maximum absolute atomic E-state index is 13.5. The summed E-state index contributed by atoms with van der Waals surface area (Å²) >= 11 is 1.65. The molecule has 0 radical (unpaired) electrons. The molecule has 0 N–H and O–H groups in total. The third-order valence-electron chi connectivity index (χ3n) is 5.67. The number of thiophene rings is 1. The van der Waals surface area contributed by atoms with Crippen molar-refractivity contribution >= 4 is 23.2 Å². The van der Waals surface area contributed by atoms with Gasteiger partial charge < -0.3 is 19.3 Å². The number of carbonyl (C=O) groups is 2. The summed E-state index contributed by atoms with van der Waals surface area (Å²) in [5.74, 6) is 1.23. The first-order valence-corrected chi connectivity index (χ1v) is 11.7. The first kappa shape index (κ1) is 23.1. The number of hydrogen-bond donors (Lipinski definition) is 0. The molecule has 1 aliphatic heterocycles. The molecule has 0 unspecified atom stereocenters. The molecule has 2 amide bonds. The number of amides is 2. The summed E-state index contributed by atoms with van der Waals surface area (Å²) in [6.45, 7) is 11.1. The predicted molar refractivity (Wildman–Crippen MR) is 122 cm³/mol. The van der Waals surface area contributed by atoms with Gasteiger partial charge in [0.2, 0.25) is 18.6 Å². The molecule has 31 heavy (non-hydrogen) atoms. The highest BCUT2D eigenvalue weighted by atomic mass is 32.1. The van der Waals surface area contributed by atoms with Crippen molar-refractivity contribution in [1.29, 1.82) is 0 Å². The van der Waals surface area contributed by atoms with Crippen LogP contribution in [0.25, 0.3) is 0 Å². The van der Waals surface area contributed by atoms with Crippen LogP contribution in [0, 0.1) is 12.8 Å². The van der Waals surface area contributed by atoms with Gasteiger partial charge in [0.05, 0.1) is 6.54 Å². The smallest absolute Gasteiger partial charge is 0.242 e. The van der Waals surface area contributed by atoms with Crippen LogP contribution in [0.4, 0.5) is 0 Å². The second-order valence-electron chi connectivity index (χ2n) is 8.34. The molecule has 0 bridgehead atoms. The number of fused-ring (bicyclic) bond motifs is 1. The van der Waals surface area contributed by atoms with Gasteiger partial charge in [-0.25, -0.2) is 0 Å². The minimum absolute atomic E-state index is 0.00900. The lowest BCUT2D eigenvalue weighted by atomic mass is 10.1. The van der Waals surface area contributed by atoms with Crippen molar-refractivity contribution in [2.24, 2.45) is 5.92 Å². The molecular formula is C24H32N2O4S. The Labute approximate surface area is 188 Å². The van der Waals surface area contributed by atoms with Crippen molar-refractivity contribution in [3.63, 3.8) is 0 Å². The van der Waals surface area contributed by atoms with Crippen LogP contribution in [0.5, 0.6) is 11.5 Å². The zero-order valence-electron chi connectivity index (χ0n) is 19.0. The van der Waals surface area contributed by atoms with Crippen LogP contribution < -0.4 is 9.47 Å². The van der Waals surface area contributed by atoms with E-state index in [1.54, 1.807) is 16.2 Å². The zero-order valence-corrected chi connectivity index (χ0v) is 19.8. The monoisotopic (exact) mass is 444 g/mol. The molecule has 2 aromatic rings. The lowest BCUT2D eigenvalue weighted by Gasteiger charge is -2.32. The lowest BCUT2D eigenvalue weighted by Crippen LogP contribution is -2.47. The Hall–Kier alpha value is -2.54. The van der Waals surface area contributed by atoms with Crippen molar-refractivity contribution in [1.82, 2.24) is 9.80 Å². The Balaban J connectivity index is 1.83. The van der Waals surface area contributed by atoms with Gasteiger partial charge in [0.1, 0.15) is 6.54 Å². The van der Waals surface area contributed by atoms with Crippen molar-refractivity contribution in [2.75, 3.05) is 13.3 Å². The number of aryl methyl sites for hydroxylation is 1. The normalized spacial score (nSPS) is 13.4. The van der Waals surface area contributed by atoms with E-state index in [9.17, 15) is 9.59 Å². The number of hydrogen-bond acceptors (Lipinski definition) is 5. The quantitative estimate of drug-likeness (QED) is 0.567. The second-order valence-corrected chi connectivity index (χ2v) is 9.34. The fourth-order valence-electron chi connectivity index (χ4n) is 3.48. The molecule has 1 aliphatic rings. The first-order valence-electron chi connectivity index (χ1n) is 10.8. The minimum atomic E-state index is -0.149. The third-order valence-corrected chi connectivity index (χ3v) is 6.68. The van der Waals surface area contributed by atoms with Gasteiger partial charge >= 0.3 is 0 Å². The van der Waals surface area contributed by atoms with E-state index in [-0.39, 0.29) is 37.1 Å². The minimum Gasteiger partial charge on any atom is -0.454 e. The van der Waals surface area contributed by atoms with Crippen LogP contribution in [0.1, 0.15) is 50.1 Å². The van der Waals surface area contributed by atoms with E-state index in [1.165, 1.54) is 5.56 Å². The van der Waals surface area contributed by atoms with Crippen molar-refractivity contribution in [2.45, 2.75) is 60.2 Å². The maximum Gasteiger partial charge on any atom is 0.242 e. The van der Waals surface area contributed by atoms with Gasteiger partial charge in [-0.2, -0.15) is 0 Å². The topological polar surface area (TPSA) is 59.1 Å². The molecule has 2 heterocycles. The highest BCUT2D eigenvalue weighted by molar-refractivity contribution is 7.10. The van der Waals surface area contributed by atoms with Crippen LogP contribution >= 0.6 is 11.3 Å². The summed E-state index contributed by atoms with van der Waals surface area (Å²) in [7, 11) is 0. The van der Waals surface area contributed by atoms with Crippen LogP contribution in [0.2, 0.25) is 0 Å². The zero-order chi connectivity index (χ0) is 22.5. The summed E-state index contributed by atoms with van der Waals surface area (Å²) in [4.78, 5) is 31.0. The lowest BCUT2D eigenvalue weighted by molar-refractivity contribution is -0.144. The van der Waals surface area contributed by atoms with Gasteiger partial charge in [-0.05, 0) is 55.0 Å². The molecule has 0 aliphatic carbocycles. The molecule has 0 fully saturated rings. The Kier molecular flexibility index (Phi) is 7.59. The van der Waals surface area contributed by atoms with Crippen LogP contribution in [0.3, 0.4) is 0 Å². The highest BCUT2D eigenvalue weighted by Gasteiger charge is 2.27. The molecule has 1 atom stereocenters. The molecule has 7 heteroatoms. The molecule has 0 saturated carbocycles. The summed E-state index contributed by atoms with van der Waals surface area (Å²) in [5.41, 5.74) is 2.14. The van der Waals surface area contributed by atoms with E-state index in [1.807, 2.05) is 56.2 Å². The van der Waals surface area contributed by atoms with E-state index in [2.05, 4.69) is 13.0 Å². The summed E-state index contributed by atoms with van der Waals surface area (Å²) in [6.07, 6.45) is 0.804. The number of nitrogens with zero attached hydrogens (tertiary/aromatic N) is 2. The van der Waals surface area contributed by atoms with Gasteiger partial charge in [-0.15, -0.1) is 11.3 Å². The van der Waals surface area contributed by atoms with Gasteiger partial charge in [0.15, 0.2) is 11.5 Å². The average molecular weight is 445 g/mol. The van der Waals surface area contributed by atoms with Crippen molar-refractivity contribution in [3.8, 4) is 11.5 Å². The van der Waals surface area contributed by atoms with E-state index in [4.69, 9.17) is 9.47 Å². The Morgan fingerprint density at radius 2 is 1.84 bits per heavy atom. The van der Waals surface area contributed by atoms with E-state index in [0.29, 0.717) is 18.8 Å². The largest absolute Gasteiger partial charge is 0.454 e. The van der Waals surface area contributed by atoms with E-state index in [0.717, 1.165) is 22.6 Å². The fourth-order valence-corrected chi connectivity index (χ4v) is 4.40. The maximum atomic E-state index is 13.5. The van der Waals surface area contributed by atoms with Crippen molar-refractivity contribution < 1.29 is 19.1 Å². The van der Waals surface area contributed by atoms with Crippen LogP contribution in [0.15, 0.2) is 29.6 Å². The molecule has 1 aromatic heterocycles. The molecular weight excluding hydrogens is 412 g/mol. The Morgan fingerprint density at radius 1 is 1.10 bits per heavy atom. The highest BCUT2D eigenvalue weighted by Crippen LogP contribution is 2.33. The summed E-state index contributed by atoms with van der Waals surface area (Å²) < 4.78 is 10.9. The molecule has 168 valence electrons. The number of benzene rings is 1. The first-order chi connectivity index (χ1) is 14.8. The molecule has 0 saturated heterocycles. The van der Waals surface area contributed by atoms with Gasteiger partial charge in [-0.3, -0.25) is 9.59 Å². The van der Waals surface area contributed by atoms with Gasteiger partial charge in [0.25, 0.3) is 0 Å². The van der Waals surface area contributed by atoms with Gasteiger partial charge in [0, 0.05) is 23.4 Å². The second kappa shape index (κ2) is 10.2. The Bertz CT molecular complexity index is 924. The van der Waals surface area contributed by atoms with Crippen LogP contribution in [-0.2, 0) is 22.7 Å². The molecule has 3 rings (SSSR count). The van der Waals surface area contributed by atoms with Gasteiger partial charge in [-0.1, -0.05) is 26.8 Å². The number of rotatable bonds is 9. The number of ether oxygens (including phenoxy) is 2. The molecule has 6 nitrogen and oxygen atoms in total. The van der Waals surface area contributed by atoms with E-state index < -0.39 is 0 Å². The fraction of sp³-hybridized carbons (Fsp3) is 0.500. The SMILES string of the molecule is CC[C@H](C)N(CC(=O)N(Cc1ccc2c(c1)OCO2)Cc1sccc1C)C(=O)C(C)C. The van der Waals surface area contributed by atoms with Crippen molar-refractivity contribution in [3.05, 3.63) is 45.6 Å². The standard InChI is InChI=1S/C24H32N2O4S/c1-6-18(5)26(24(28)16(2)3)14-23(27)25(13-22-17(4)9-10-31-22)12-19-7-8-20-21(11-19)30-15-29-20/h7-11,16,18H,6,12-15H2,1-5H3/t18-/m0/s1. The third kappa shape index (κ3) is 5.58. The predicted octanol–water partition coefficient (Wildman–Crippen LogP) is 4.60. The summed E-state index contributed by atoms with van der Waals surface area (Å²) in [6, 6.07) is 7.84. The van der Waals surface area contributed by atoms with E-state index >= 15 is 0 Å².